The highest BCUT2D eigenvalue weighted by molar-refractivity contribution is 6.32. The van der Waals surface area contributed by atoms with Crippen LogP contribution in [0.5, 0.6) is 11.5 Å². The Morgan fingerprint density at radius 2 is 1.67 bits per heavy atom. The van der Waals surface area contributed by atoms with Gasteiger partial charge >= 0.3 is 0 Å². The van der Waals surface area contributed by atoms with Crippen LogP contribution < -0.4 is 20.1 Å². The normalized spacial score (nSPS) is 13.0. The summed E-state index contributed by atoms with van der Waals surface area (Å²) >= 11 is 6.19. The molecule has 2 aromatic rings. The second-order valence-corrected chi connectivity index (χ2v) is 7.63. The monoisotopic (exact) mass is 388 g/mol. The molecule has 1 aliphatic rings. The molecule has 3 rings (SSSR count). The van der Waals surface area contributed by atoms with Crippen LogP contribution in [0.4, 0.5) is 11.4 Å². The van der Waals surface area contributed by atoms with E-state index in [0.29, 0.717) is 46.7 Å². The number of carbonyl (C=O) groups is 2. The maximum atomic E-state index is 12.6. The van der Waals surface area contributed by atoms with Gasteiger partial charge in [-0.2, -0.15) is 0 Å². The molecule has 142 valence electrons. The lowest BCUT2D eigenvalue weighted by molar-refractivity contribution is -0.123. The molecule has 27 heavy (non-hydrogen) atoms. The van der Waals surface area contributed by atoms with Crippen molar-refractivity contribution in [2.75, 3.05) is 23.8 Å². The highest BCUT2D eigenvalue weighted by Gasteiger charge is 2.22. The number of rotatable bonds is 3. The number of halogens is 1. The third-order valence-corrected chi connectivity index (χ3v) is 4.20. The van der Waals surface area contributed by atoms with Crippen LogP contribution in [0.2, 0.25) is 5.02 Å². The molecule has 7 heteroatoms. The molecule has 0 fully saturated rings. The van der Waals surface area contributed by atoms with E-state index in [1.807, 2.05) is 20.8 Å². The van der Waals surface area contributed by atoms with E-state index in [9.17, 15) is 9.59 Å². The van der Waals surface area contributed by atoms with Crippen LogP contribution in [0.3, 0.4) is 0 Å². The van der Waals surface area contributed by atoms with Crippen LogP contribution >= 0.6 is 11.6 Å². The number of amides is 2. The van der Waals surface area contributed by atoms with Crippen molar-refractivity contribution in [1.82, 2.24) is 0 Å². The van der Waals surface area contributed by atoms with E-state index in [1.165, 1.54) is 6.07 Å². The van der Waals surface area contributed by atoms with Gasteiger partial charge in [-0.15, -0.1) is 0 Å². The number of fused-ring (bicyclic) bond motifs is 1. The van der Waals surface area contributed by atoms with Crippen molar-refractivity contribution >= 4 is 34.8 Å². The van der Waals surface area contributed by atoms with Gasteiger partial charge < -0.3 is 20.1 Å². The van der Waals surface area contributed by atoms with E-state index < -0.39 is 5.41 Å². The van der Waals surface area contributed by atoms with Crippen LogP contribution in [-0.4, -0.2) is 25.0 Å². The Bertz CT molecular complexity index is 890. The second-order valence-electron chi connectivity index (χ2n) is 7.22. The summed E-state index contributed by atoms with van der Waals surface area (Å²) in [5.41, 5.74) is 1.00. The van der Waals surface area contributed by atoms with Crippen molar-refractivity contribution in [1.29, 1.82) is 0 Å². The summed E-state index contributed by atoms with van der Waals surface area (Å²) in [6.45, 7) is 6.33. The lowest BCUT2D eigenvalue weighted by atomic mass is 9.95. The van der Waals surface area contributed by atoms with E-state index in [2.05, 4.69) is 10.6 Å². The summed E-state index contributed by atoms with van der Waals surface area (Å²) in [5, 5.41) is 5.96. The molecular weight excluding hydrogens is 368 g/mol. The van der Waals surface area contributed by atoms with Crippen LogP contribution in [0, 0.1) is 5.41 Å². The zero-order valence-corrected chi connectivity index (χ0v) is 16.1. The average Bonchev–Trinajstić information content (AvgIpc) is 2.61. The summed E-state index contributed by atoms with van der Waals surface area (Å²) in [7, 11) is 0. The Hall–Kier alpha value is -2.73. The van der Waals surface area contributed by atoms with Gasteiger partial charge in [-0.25, -0.2) is 0 Å². The minimum absolute atomic E-state index is 0.107. The molecule has 0 saturated carbocycles. The summed E-state index contributed by atoms with van der Waals surface area (Å²) in [4.78, 5) is 24.7. The molecular formula is C20H21ClN2O4. The minimum atomic E-state index is -0.513. The number of nitrogens with one attached hydrogen (secondary N) is 2. The van der Waals surface area contributed by atoms with Crippen molar-refractivity contribution in [3.8, 4) is 11.5 Å². The first kappa shape index (κ1) is 19.0. The zero-order chi connectivity index (χ0) is 19.6. The van der Waals surface area contributed by atoms with E-state index >= 15 is 0 Å². The molecule has 2 aromatic carbocycles. The molecule has 1 aliphatic heterocycles. The van der Waals surface area contributed by atoms with Crippen LogP contribution in [0.1, 0.15) is 31.1 Å². The zero-order valence-electron chi connectivity index (χ0n) is 15.4. The quantitative estimate of drug-likeness (QED) is 0.819. The standard InChI is InChI=1S/C20H21ClN2O4/c1-20(2,3)19(25)23-14-6-4-5-13(11-14)22-18(24)12-9-15(21)17-16(10-12)26-7-8-27-17/h4-6,9-11H,7-8H2,1-3H3,(H,22,24)(H,23,25). The number of hydrogen-bond donors (Lipinski definition) is 2. The van der Waals surface area contributed by atoms with Gasteiger partial charge in [-0.1, -0.05) is 38.4 Å². The first-order valence-corrected chi connectivity index (χ1v) is 8.94. The topological polar surface area (TPSA) is 76.7 Å². The summed E-state index contributed by atoms with van der Waals surface area (Å²) in [5.74, 6) is 0.453. The Labute approximate surface area is 162 Å². The first-order valence-electron chi connectivity index (χ1n) is 8.56. The summed E-state index contributed by atoms with van der Waals surface area (Å²) in [6.07, 6.45) is 0. The Morgan fingerprint density at radius 1 is 1.00 bits per heavy atom. The summed E-state index contributed by atoms with van der Waals surface area (Å²) < 4.78 is 11.0. The van der Waals surface area contributed by atoms with Crippen molar-refractivity contribution in [2.45, 2.75) is 20.8 Å². The van der Waals surface area contributed by atoms with Gasteiger partial charge in [0.15, 0.2) is 11.5 Å². The molecule has 0 radical (unpaired) electrons. The number of ether oxygens (including phenoxy) is 2. The molecule has 0 unspecified atom stereocenters. The molecule has 0 aromatic heterocycles. The largest absolute Gasteiger partial charge is 0.486 e. The lowest BCUT2D eigenvalue weighted by Crippen LogP contribution is -2.27. The third-order valence-electron chi connectivity index (χ3n) is 3.92. The van der Waals surface area contributed by atoms with Gasteiger partial charge in [0.25, 0.3) is 5.91 Å². The molecule has 0 bridgehead atoms. The third kappa shape index (κ3) is 4.52. The van der Waals surface area contributed by atoms with E-state index in [4.69, 9.17) is 21.1 Å². The number of benzene rings is 2. The number of hydrogen-bond acceptors (Lipinski definition) is 4. The van der Waals surface area contributed by atoms with Crippen molar-refractivity contribution in [3.05, 3.63) is 47.0 Å². The first-order chi connectivity index (χ1) is 12.7. The predicted molar refractivity (Wildman–Crippen MR) is 105 cm³/mol. The SMILES string of the molecule is CC(C)(C)C(=O)Nc1cccc(NC(=O)c2cc(Cl)c3c(c2)OCCO3)c1. The molecule has 2 N–H and O–H groups in total. The highest BCUT2D eigenvalue weighted by atomic mass is 35.5. The Balaban J connectivity index is 1.76. The fourth-order valence-corrected chi connectivity index (χ4v) is 2.70. The van der Waals surface area contributed by atoms with E-state index in [-0.39, 0.29) is 11.8 Å². The molecule has 6 nitrogen and oxygen atoms in total. The molecule has 2 amide bonds. The molecule has 0 saturated heterocycles. The molecule has 0 spiro atoms. The average molecular weight is 389 g/mol. The number of anilines is 2. The van der Waals surface area contributed by atoms with Crippen LogP contribution in [0.15, 0.2) is 36.4 Å². The smallest absolute Gasteiger partial charge is 0.255 e. The van der Waals surface area contributed by atoms with Crippen molar-refractivity contribution in [2.24, 2.45) is 5.41 Å². The minimum Gasteiger partial charge on any atom is -0.486 e. The fourth-order valence-electron chi connectivity index (χ4n) is 2.44. The molecule has 1 heterocycles. The van der Waals surface area contributed by atoms with Gasteiger partial charge in [0.1, 0.15) is 13.2 Å². The fraction of sp³-hybridized carbons (Fsp3) is 0.300. The maximum absolute atomic E-state index is 12.6. The predicted octanol–water partition coefficient (Wildman–Crippen LogP) is 4.35. The van der Waals surface area contributed by atoms with Crippen molar-refractivity contribution in [3.63, 3.8) is 0 Å². The van der Waals surface area contributed by atoms with E-state index in [0.717, 1.165) is 0 Å². The van der Waals surface area contributed by atoms with Crippen LogP contribution in [0.25, 0.3) is 0 Å². The van der Waals surface area contributed by atoms with Gasteiger partial charge in [0.2, 0.25) is 5.91 Å². The second kappa shape index (κ2) is 7.48. The highest BCUT2D eigenvalue weighted by Crippen LogP contribution is 2.38. The summed E-state index contributed by atoms with van der Waals surface area (Å²) in [6, 6.07) is 10.1. The van der Waals surface area contributed by atoms with Crippen molar-refractivity contribution < 1.29 is 19.1 Å². The van der Waals surface area contributed by atoms with Crippen LogP contribution in [-0.2, 0) is 4.79 Å². The van der Waals surface area contributed by atoms with E-state index in [1.54, 1.807) is 30.3 Å². The van der Waals surface area contributed by atoms with Gasteiger partial charge in [0.05, 0.1) is 5.02 Å². The Morgan fingerprint density at radius 3 is 2.37 bits per heavy atom. The van der Waals surface area contributed by atoms with Gasteiger partial charge in [0, 0.05) is 22.4 Å². The molecule has 0 atom stereocenters. The molecule has 0 aliphatic carbocycles. The van der Waals surface area contributed by atoms with Gasteiger partial charge in [-0.05, 0) is 30.3 Å². The number of carbonyl (C=O) groups excluding carboxylic acids is 2. The maximum Gasteiger partial charge on any atom is 0.255 e. The van der Waals surface area contributed by atoms with Gasteiger partial charge in [-0.3, -0.25) is 9.59 Å². The Kier molecular flexibility index (Phi) is 5.28. The lowest BCUT2D eigenvalue weighted by Gasteiger charge is -2.20.